The second-order valence-corrected chi connectivity index (χ2v) is 5.72. The molecule has 3 rings (SSSR count). The fourth-order valence-electron chi connectivity index (χ4n) is 2.94. The van der Waals surface area contributed by atoms with Crippen LogP contribution in [-0.2, 0) is 6.18 Å². The van der Waals surface area contributed by atoms with E-state index in [0.29, 0.717) is 5.69 Å². The molecule has 0 bridgehead atoms. The van der Waals surface area contributed by atoms with Crippen molar-refractivity contribution in [2.24, 2.45) is 0 Å². The number of hydrogen-bond acceptors (Lipinski definition) is 1. The van der Waals surface area contributed by atoms with Crippen LogP contribution in [0.15, 0.2) is 30.5 Å². The van der Waals surface area contributed by atoms with E-state index in [1.165, 1.54) is 12.1 Å². The van der Waals surface area contributed by atoms with E-state index in [4.69, 9.17) is 11.6 Å². The predicted octanol–water partition coefficient (Wildman–Crippen LogP) is 5.34. The fourth-order valence-corrected chi connectivity index (χ4v) is 3.11. The fraction of sp³-hybridized carbons (Fsp3) is 0.400. The Morgan fingerprint density at radius 1 is 1.14 bits per heavy atom. The van der Waals surface area contributed by atoms with Crippen molar-refractivity contribution in [3.63, 3.8) is 0 Å². The molecule has 2 nitrogen and oxygen atoms in total. The lowest BCUT2D eigenvalue weighted by Crippen LogP contribution is -2.12. The number of hydrogen-bond donors (Lipinski definition) is 0. The van der Waals surface area contributed by atoms with Gasteiger partial charge in [0.15, 0.2) is 0 Å². The van der Waals surface area contributed by atoms with Crippen molar-refractivity contribution < 1.29 is 13.2 Å². The van der Waals surface area contributed by atoms with Crippen LogP contribution in [0.2, 0.25) is 5.02 Å². The molecule has 1 aliphatic carbocycles. The van der Waals surface area contributed by atoms with E-state index in [1.54, 1.807) is 16.9 Å². The minimum Gasteiger partial charge on any atom is -0.262 e. The Hall–Kier alpha value is -1.49. The molecule has 112 valence electrons. The van der Waals surface area contributed by atoms with Gasteiger partial charge in [-0.15, -0.1) is 0 Å². The first-order valence-electron chi connectivity index (χ1n) is 6.87. The van der Waals surface area contributed by atoms with Crippen LogP contribution in [0, 0.1) is 0 Å². The van der Waals surface area contributed by atoms with Crippen molar-refractivity contribution in [2.75, 3.05) is 0 Å². The number of nitrogens with zero attached hydrogens (tertiary/aromatic N) is 2. The highest BCUT2D eigenvalue weighted by Crippen LogP contribution is 2.40. The summed E-state index contributed by atoms with van der Waals surface area (Å²) in [4.78, 5) is 0. The number of benzene rings is 1. The third kappa shape index (κ3) is 2.79. The molecular formula is C15H14ClF3N2. The molecule has 1 heterocycles. The molecule has 0 radical (unpaired) electrons. The van der Waals surface area contributed by atoms with Gasteiger partial charge in [0.05, 0.1) is 17.3 Å². The summed E-state index contributed by atoms with van der Waals surface area (Å²) in [6.45, 7) is 0. The Balaban J connectivity index is 2.11. The quantitative estimate of drug-likeness (QED) is 0.732. The molecule has 0 aliphatic heterocycles. The molecule has 0 N–H and O–H groups in total. The second-order valence-electron chi connectivity index (χ2n) is 5.29. The normalized spacial score (nSPS) is 16.6. The summed E-state index contributed by atoms with van der Waals surface area (Å²) in [6, 6.07) is 5.71. The molecule has 1 aliphatic rings. The summed E-state index contributed by atoms with van der Waals surface area (Å²) in [7, 11) is 0. The topological polar surface area (TPSA) is 17.8 Å². The van der Waals surface area contributed by atoms with Crippen molar-refractivity contribution in [1.29, 1.82) is 0 Å². The lowest BCUT2D eigenvalue weighted by molar-refractivity contribution is -0.137. The number of alkyl halides is 3. The Labute approximate surface area is 125 Å². The van der Waals surface area contributed by atoms with Gasteiger partial charge in [-0.2, -0.15) is 18.3 Å². The average molecular weight is 315 g/mol. The molecule has 0 saturated heterocycles. The Kier molecular flexibility index (Phi) is 3.69. The molecule has 2 aromatic rings. The number of halogens is 4. The smallest absolute Gasteiger partial charge is 0.262 e. The third-order valence-corrected chi connectivity index (χ3v) is 4.14. The second kappa shape index (κ2) is 5.37. The van der Waals surface area contributed by atoms with Crippen LogP contribution >= 0.6 is 11.6 Å². The largest absolute Gasteiger partial charge is 0.417 e. The van der Waals surface area contributed by atoms with Gasteiger partial charge in [-0.25, -0.2) is 0 Å². The van der Waals surface area contributed by atoms with Crippen LogP contribution in [0.4, 0.5) is 13.2 Å². The zero-order chi connectivity index (χ0) is 15.0. The first-order valence-corrected chi connectivity index (χ1v) is 7.25. The number of aromatic nitrogens is 2. The summed E-state index contributed by atoms with van der Waals surface area (Å²) in [6.07, 6.45) is 1.23. The molecule has 0 spiro atoms. The van der Waals surface area contributed by atoms with E-state index in [1.807, 2.05) is 0 Å². The van der Waals surface area contributed by atoms with Gasteiger partial charge in [-0.3, -0.25) is 4.68 Å². The summed E-state index contributed by atoms with van der Waals surface area (Å²) >= 11 is 5.73. The molecule has 1 aromatic carbocycles. The molecule has 0 atom stereocenters. The average Bonchev–Trinajstić information content (AvgIpc) is 3.08. The van der Waals surface area contributed by atoms with Gasteiger partial charge < -0.3 is 0 Å². The van der Waals surface area contributed by atoms with Gasteiger partial charge in [0.1, 0.15) is 0 Å². The van der Waals surface area contributed by atoms with Crippen LogP contribution in [0.5, 0.6) is 0 Å². The molecule has 0 amide bonds. The zero-order valence-electron chi connectivity index (χ0n) is 11.2. The van der Waals surface area contributed by atoms with Crippen molar-refractivity contribution in [2.45, 2.75) is 37.9 Å². The van der Waals surface area contributed by atoms with Crippen molar-refractivity contribution in [3.05, 3.63) is 41.0 Å². The SMILES string of the molecule is FC(F)(F)c1cc(Cl)ccc1-c1ccnn1C1CCCC1. The van der Waals surface area contributed by atoms with Gasteiger partial charge >= 0.3 is 6.18 Å². The molecule has 1 saturated carbocycles. The monoisotopic (exact) mass is 314 g/mol. The summed E-state index contributed by atoms with van der Waals surface area (Å²) < 4.78 is 41.5. The van der Waals surface area contributed by atoms with E-state index in [-0.39, 0.29) is 16.6 Å². The Morgan fingerprint density at radius 2 is 1.86 bits per heavy atom. The summed E-state index contributed by atoms with van der Waals surface area (Å²) in [5.74, 6) is 0. The van der Waals surface area contributed by atoms with E-state index < -0.39 is 11.7 Å². The lowest BCUT2D eigenvalue weighted by atomic mass is 10.0. The van der Waals surface area contributed by atoms with Crippen LogP contribution in [0.1, 0.15) is 37.3 Å². The number of rotatable bonds is 2. The molecular weight excluding hydrogens is 301 g/mol. The van der Waals surface area contributed by atoms with Crippen LogP contribution in [0.25, 0.3) is 11.3 Å². The highest BCUT2D eigenvalue weighted by molar-refractivity contribution is 6.30. The van der Waals surface area contributed by atoms with E-state index in [2.05, 4.69) is 5.10 Å². The Bertz CT molecular complexity index is 643. The van der Waals surface area contributed by atoms with Crippen molar-refractivity contribution in [1.82, 2.24) is 9.78 Å². The first-order chi connectivity index (χ1) is 9.97. The molecule has 21 heavy (non-hydrogen) atoms. The van der Waals surface area contributed by atoms with E-state index in [0.717, 1.165) is 31.7 Å². The highest BCUT2D eigenvalue weighted by Gasteiger charge is 2.35. The van der Waals surface area contributed by atoms with E-state index in [9.17, 15) is 13.2 Å². The Morgan fingerprint density at radius 3 is 2.52 bits per heavy atom. The summed E-state index contributed by atoms with van der Waals surface area (Å²) in [5, 5.41) is 4.32. The maximum atomic E-state index is 13.2. The van der Waals surface area contributed by atoms with Crippen molar-refractivity contribution in [3.8, 4) is 11.3 Å². The predicted molar refractivity (Wildman–Crippen MR) is 75.2 cm³/mol. The molecule has 1 aromatic heterocycles. The standard InChI is InChI=1S/C15H14ClF3N2/c16-10-5-6-12(13(9-10)15(17,18)19)14-7-8-20-21(14)11-3-1-2-4-11/h5-9,11H,1-4H2. The molecule has 6 heteroatoms. The zero-order valence-corrected chi connectivity index (χ0v) is 12.0. The third-order valence-electron chi connectivity index (χ3n) is 3.90. The van der Waals surface area contributed by atoms with Gasteiger partial charge in [-0.1, -0.05) is 30.5 Å². The van der Waals surface area contributed by atoms with Crippen LogP contribution in [-0.4, -0.2) is 9.78 Å². The van der Waals surface area contributed by atoms with Gasteiger partial charge in [-0.05, 0) is 31.0 Å². The van der Waals surface area contributed by atoms with Crippen molar-refractivity contribution >= 4 is 11.6 Å². The van der Waals surface area contributed by atoms with Gasteiger partial charge in [0.2, 0.25) is 0 Å². The van der Waals surface area contributed by atoms with E-state index >= 15 is 0 Å². The molecule has 0 unspecified atom stereocenters. The minimum atomic E-state index is -4.44. The van der Waals surface area contributed by atoms with Crippen LogP contribution in [0.3, 0.4) is 0 Å². The van der Waals surface area contributed by atoms with Gasteiger partial charge in [0, 0.05) is 16.8 Å². The highest BCUT2D eigenvalue weighted by atomic mass is 35.5. The van der Waals surface area contributed by atoms with Gasteiger partial charge in [0.25, 0.3) is 0 Å². The van der Waals surface area contributed by atoms with Crippen LogP contribution < -0.4 is 0 Å². The molecule has 1 fully saturated rings. The minimum absolute atomic E-state index is 0.0815. The lowest BCUT2D eigenvalue weighted by Gasteiger charge is -2.18. The maximum absolute atomic E-state index is 13.2. The maximum Gasteiger partial charge on any atom is 0.417 e. The first kappa shape index (κ1) is 14.4. The summed E-state index contributed by atoms with van der Waals surface area (Å²) in [5.41, 5.74) is -0.0723.